The van der Waals surface area contributed by atoms with Gasteiger partial charge < -0.3 is 9.47 Å². The van der Waals surface area contributed by atoms with Gasteiger partial charge >= 0.3 is 0 Å². The summed E-state index contributed by atoms with van der Waals surface area (Å²) in [5.74, 6) is 0.790. The van der Waals surface area contributed by atoms with E-state index < -0.39 is 0 Å². The average Bonchev–Trinajstić information content (AvgIpc) is 3.20. The highest BCUT2D eigenvalue weighted by Crippen LogP contribution is 2.34. The lowest BCUT2D eigenvalue weighted by Crippen LogP contribution is -2.51. The first-order chi connectivity index (χ1) is 14.2. The molecule has 1 saturated heterocycles. The Morgan fingerprint density at radius 3 is 2.45 bits per heavy atom. The van der Waals surface area contributed by atoms with Crippen LogP contribution in [0.15, 0.2) is 42.9 Å². The number of benzene rings is 1. The molecule has 0 N–H and O–H groups in total. The second-order valence-electron chi connectivity index (χ2n) is 8.08. The predicted octanol–water partition coefficient (Wildman–Crippen LogP) is 4.53. The van der Waals surface area contributed by atoms with E-state index in [1.807, 2.05) is 24.3 Å². The SMILES string of the molecule is Fc1cccc2c1ccn2[C@H]1CC[C@@H](N2CCN(c3cc(Cl)ncn3)CC2)CC1. The van der Waals surface area contributed by atoms with Crippen LogP contribution in [0, 0.1) is 5.82 Å². The summed E-state index contributed by atoms with van der Waals surface area (Å²) in [5, 5.41) is 1.23. The molecule has 0 spiro atoms. The van der Waals surface area contributed by atoms with Crippen LogP contribution >= 0.6 is 11.6 Å². The maximum absolute atomic E-state index is 14.0. The molecule has 0 radical (unpaired) electrons. The van der Waals surface area contributed by atoms with E-state index in [0.717, 1.165) is 55.7 Å². The highest BCUT2D eigenvalue weighted by atomic mass is 35.5. The lowest BCUT2D eigenvalue weighted by Gasteiger charge is -2.42. The fourth-order valence-electron chi connectivity index (χ4n) is 4.98. The van der Waals surface area contributed by atoms with E-state index in [1.54, 1.807) is 6.07 Å². The van der Waals surface area contributed by atoms with Gasteiger partial charge in [0.25, 0.3) is 0 Å². The molecule has 29 heavy (non-hydrogen) atoms. The number of aromatic nitrogens is 3. The Morgan fingerprint density at radius 1 is 0.931 bits per heavy atom. The quantitative estimate of drug-likeness (QED) is 0.591. The summed E-state index contributed by atoms with van der Waals surface area (Å²) in [4.78, 5) is 13.2. The van der Waals surface area contributed by atoms with Crippen molar-refractivity contribution >= 4 is 28.3 Å². The normalized spacial score (nSPS) is 23.6. The van der Waals surface area contributed by atoms with Crippen LogP contribution in [-0.4, -0.2) is 51.7 Å². The Morgan fingerprint density at radius 2 is 1.69 bits per heavy atom. The van der Waals surface area contributed by atoms with E-state index in [4.69, 9.17) is 11.6 Å². The van der Waals surface area contributed by atoms with Crippen molar-refractivity contribution in [2.24, 2.45) is 0 Å². The van der Waals surface area contributed by atoms with E-state index >= 15 is 0 Å². The summed E-state index contributed by atoms with van der Waals surface area (Å²) in [7, 11) is 0. The van der Waals surface area contributed by atoms with Gasteiger partial charge in [-0.25, -0.2) is 14.4 Å². The lowest BCUT2D eigenvalue weighted by molar-refractivity contribution is 0.131. The first-order valence-corrected chi connectivity index (χ1v) is 10.8. The second-order valence-corrected chi connectivity index (χ2v) is 8.47. The summed E-state index contributed by atoms with van der Waals surface area (Å²) >= 11 is 6.00. The molecule has 2 aromatic heterocycles. The number of hydrogen-bond acceptors (Lipinski definition) is 4. The molecule has 0 bridgehead atoms. The van der Waals surface area contributed by atoms with Gasteiger partial charge in [0, 0.05) is 55.9 Å². The van der Waals surface area contributed by atoms with Gasteiger partial charge in [-0.15, -0.1) is 0 Å². The standard InChI is InChI=1S/C22H25ClFN5/c23-21-14-22(26-15-25-21)28-12-10-27(11-13-28)16-4-6-17(7-5-16)29-9-8-18-19(24)2-1-3-20(18)29/h1-3,8-9,14-17H,4-7,10-13H2/t16-,17+. The number of halogens is 2. The van der Waals surface area contributed by atoms with Crippen molar-refractivity contribution in [2.75, 3.05) is 31.1 Å². The Kier molecular flexibility index (Phi) is 5.14. The molecular weight excluding hydrogens is 389 g/mol. The first-order valence-electron chi connectivity index (χ1n) is 10.4. The van der Waals surface area contributed by atoms with Crippen LogP contribution in [0.4, 0.5) is 10.2 Å². The summed E-state index contributed by atoms with van der Waals surface area (Å²) < 4.78 is 16.3. The minimum atomic E-state index is -0.127. The number of rotatable bonds is 3. The smallest absolute Gasteiger partial charge is 0.134 e. The Labute approximate surface area is 175 Å². The molecule has 3 aromatic rings. The average molecular weight is 414 g/mol. The van der Waals surface area contributed by atoms with Crippen LogP contribution in [-0.2, 0) is 0 Å². The molecule has 3 heterocycles. The maximum atomic E-state index is 14.0. The number of fused-ring (bicyclic) bond motifs is 1. The van der Waals surface area contributed by atoms with Crippen LogP contribution in [0.1, 0.15) is 31.7 Å². The van der Waals surface area contributed by atoms with Crippen molar-refractivity contribution < 1.29 is 4.39 Å². The van der Waals surface area contributed by atoms with Gasteiger partial charge in [-0.05, 0) is 43.9 Å². The number of anilines is 1. The monoisotopic (exact) mass is 413 g/mol. The summed E-state index contributed by atoms with van der Waals surface area (Å²) in [6.45, 7) is 4.03. The molecule has 7 heteroatoms. The highest BCUT2D eigenvalue weighted by Gasteiger charge is 2.29. The third-order valence-corrected chi connectivity index (χ3v) is 6.75. The molecule has 1 aliphatic carbocycles. The topological polar surface area (TPSA) is 37.2 Å². The number of piperazine rings is 1. The van der Waals surface area contributed by atoms with Gasteiger partial charge in [0.1, 0.15) is 23.1 Å². The molecular formula is C22H25ClFN5. The van der Waals surface area contributed by atoms with E-state index in [0.29, 0.717) is 17.2 Å². The van der Waals surface area contributed by atoms with Gasteiger partial charge in [0.05, 0.1) is 5.52 Å². The van der Waals surface area contributed by atoms with Crippen molar-refractivity contribution in [3.05, 3.63) is 53.8 Å². The molecule has 0 unspecified atom stereocenters. The molecule has 1 aromatic carbocycles. The van der Waals surface area contributed by atoms with Crippen molar-refractivity contribution in [2.45, 2.75) is 37.8 Å². The Bertz CT molecular complexity index is 990. The molecule has 0 amide bonds. The molecule has 5 nitrogen and oxygen atoms in total. The zero-order valence-corrected chi connectivity index (χ0v) is 17.1. The van der Waals surface area contributed by atoms with Gasteiger partial charge in [0.2, 0.25) is 0 Å². The van der Waals surface area contributed by atoms with E-state index in [-0.39, 0.29) is 5.82 Å². The van der Waals surface area contributed by atoms with Crippen LogP contribution < -0.4 is 4.90 Å². The van der Waals surface area contributed by atoms with Gasteiger partial charge in [-0.2, -0.15) is 0 Å². The second kappa shape index (κ2) is 7.92. The van der Waals surface area contributed by atoms with Crippen molar-refractivity contribution in [3.8, 4) is 0 Å². The molecule has 0 atom stereocenters. The molecule has 2 fully saturated rings. The van der Waals surface area contributed by atoms with Crippen molar-refractivity contribution in [3.63, 3.8) is 0 Å². The van der Waals surface area contributed by atoms with E-state index in [1.165, 1.54) is 19.2 Å². The van der Waals surface area contributed by atoms with Crippen LogP contribution in [0.3, 0.4) is 0 Å². The van der Waals surface area contributed by atoms with Crippen molar-refractivity contribution in [1.29, 1.82) is 0 Å². The highest BCUT2D eigenvalue weighted by molar-refractivity contribution is 6.29. The fourth-order valence-corrected chi connectivity index (χ4v) is 5.13. The number of hydrogen-bond donors (Lipinski definition) is 0. The van der Waals surface area contributed by atoms with Gasteiger partial charge in [0.15, 0.2) is 0 Å². The van der Waals surface area contributed by atoms with Crippen LogP contribution in [0.5, 0.6) is 0 Å². The summed E-state index contributed by atoms with van der Waals surface area (Å²) in [5.41, 5.74) is 1.02. The maximum Gasteiger partial charge on any atom is 0.134 e. The lowest BCUT2D eigenvalue weighted by atomic mass is 9.89. The van der Waals surface area contributed by atoms with Crippen LogP contribution in [0.2, 0.25) is 5.15 Å². The van der Waals surface area contributed by atoms with Gasteiger partial charge in [-0.3, -0.25) is 4.90 Å². The van der Waals surface area contributed by atoms with Crippen molar-refractivity contribution in [1.82, 2.24) is 19.4 Å². The molecule has 152 valence electrons. The first kappa shape index (κ1) is 18.8. The zero-order valence-electron chi connectivity index (χ0n) is 16.3. The third-order valence-electron chi connectivity index (χ3n) is 6.54. The molecule has 1 aliphatic heterocycles. The summed E-state index contributed by atoms with van der Waals surface area (Å²) in [6, 6.07) is 10.2. The third kappa shape index (κ3) is 3.71. The Balaban J connectivity index is 1.19. The van der Waals surface area contributed by atoms with Gasteiger partial charge in [-0.1, -0.05) is 17.7 Å². The minimum Gasteiger partial charge on any atom is -0.354 e. The predicted molar refractivity (Wildman–Crippen MR) is 114 cm³/mol. The van der Waals surface area contributed by atoms with E-state index in [2.05, 4.69) is 30.5 Å². The zero-order chi connectivity index (χ0) is 19.8. The molecule has 2 aliphatic rings. The fraction of sp³-hybridized carbons (Fsp3) is 0.455. The van der Waals surface area contributed by atoms with E-state index in [9.17, 15) is 4.39 Å². The summed E-state index contributed by atoms with van der Waals surface area (Å²) in [6.07, 6.45) is 8.27. The largest absolute Gasteiger partial charge is 0.354 e. The molecule has 5 rings (SSSR count). The Hall–Kier alpha value is -2.18. The van der Waals surface area contributed by atoms with Crippen LogP contribution in [0.25, 0.3) is 10.9 Å². The number of nitrogens with zero attached hydrogens (tertiary/aromatic N) is 5. The minimum absolute atomic E-state index is 0.127. The molecule has 1 saturated carbocycles.